The average Bonchev–Trinajstić information content (AvgIpc) is 2.43. The van der Waals surface area contributed by atoms with E-state index in [1.807, 2.05) is 13.8 Å². The van der Waals surface area contributed by atoms with Gasteiger partial charge < -0.3 is 10.4 Å². The monoisotopic (exact) mass is 268 g/mol. The molecule has 2 aliphatic rings. The maximum atomic E-state index is 12.5. The molecule has 2 heterocycles. The van der Waals surface area contributed by atoms with Gasteiger partial charge in [0.05, 0.1) is 18.6 Å². The molecule has 0 aromatic rings. The smallest absolute Gasteiger partial charge is 0.224 e. The maximum absolute atomic E-state index is 12.5. The Labute approximate surface area is 116 Å². The zero-order valence-corrected chi connectivity index (χ0v) is 12.3. The van der Waals surface area contributed by atoms with E-state index in [-0.39, 0.29) is 30.4 Å². The Morgan fingerprint density at radius 3 is 2.68 bits per heavy atom. The Morgan fingerprint density at radius 2 is 2.00 bits per heavy atom. The quantitative estimate of drug-likeness (QED) is 0.810. The van der Waals surface area contributed by atoms with Gasteiger partial charge in [-0.05, 0) is 44.7 Å². The van der Waals surface area contributed by atoms with Crippen LogP contribution in [0.4, 0.5) is 0 Å². The van der Waals surface area contributed by atoms with E-state index in [0.29, 0.717) is 6.04 Å². The molecule has 3 atom stereocenters. The van der Waals surface area contributed by atoms with Crippen LogP contribution >= 0.6 is 0 Å². The van der Waals surface area contributed by atoms with E-state index in [9.17, 15) is 9.90 Å². The summed E-state index contributed by atoms with van der Waals surface area (Å²) < 4.78 is 0. The van der Waals surface area contributed by atoms with Gasteiger partial charge in [-0.15, -0.1) is 0 Å². The molecule has 2 aliphatic heterocycles. The van der Waals surface area contributed by atoms with Crippen LogP contribution in [0.15, 0.2) is 0 Å². The van der Waals surface area contributed by atoms with Crippen LogP contribution in [-0.2, 0) is 4.79 Å². The van der Waals surface area contributed by atoms with E-state index in [0.717, 1.165) is 32.4 Å². The predicted molar refractivity (Wildman–Crippen MR) is 75.8 cm³/mol. The van der Waals surface area contributed by atoms with Crippen LogP contribution in [0.3, 0.4) is 0 Å². The molecule has 2 fully saturated rings. The van der Waals surface area contributed by atoms with Crippen molar-refractivity contribution in [1.29, 1.82) is 0 Å². The summed E-state index contributed by atoms with van der Waals surface area (Å²) in [4.78, 5) is 15.0. The molecule has 2 N–H and O–H groups in total. The van der Waals surface area contributed by atoms with Crippen molar-refractivity contribution in [2.75, 3.05) is 19.7 Å². The molecule has 0 spiro atoms. The van der Waals surface area contributed by atoms with Crippen molar-refractivity contribution in [3.05, 3.63) is 0 Å². The minimum absolute atomic E-state index is 0.0322. The molecule has 4 heteroatoms. The summed E-state index contributed by atoms with van der Waals surface area (Å²) in [6.45, 7) is 6.42. The number of piperidine rings is 2. The third-order valence-corrected chi connectivity index (χ3v) is 4.76. The van der Waals surface area contributed by atoms with Crippen LogP contribution in [0.2, 0.25) is 0 Å². The fourth-order valence-corrected chi connectivity index (χ4v) is 3.48. The summed E-state index contributed by atoms with van der Waals surface area (Å²) in [5.74, 6) is 0.561. The Balaban J connectivity index is 1.97. The lowest BCUT2D eigenvalue weighted by molar-refractivity contribution is -0.131. The average molecular weight is 268 g/mol. The van der Waals surface area contributed by atoms with Gasteiger partial charge in [-0.3, -0.25) is 9.69 Å². The highest BCUT2D eigenvalue weighted by Gasteiger charge is 2.37. The number of carbonyl (C=O) groups is 1. The van der Waals surface area contributed by atoms with Gasteiger partial charge in [-0.25, -0.2) is 0 Å². The molecule has 0 radical (unpaired) electrons. The van der Waals surface area contributed by atoms with E-state index >= 15 is 0 Å². The minimum Gasteiger partial charge on any atom is -0.394 e. The highest BCUT2D eigenvalue weighted by Crippen LogP contribution is 2.31. The number of aliphatic hydroxyl groups is 1. The van der Waals surface area contributed by atoms with Crippen molar-refractivity contribution in [2.24, 2.45) is 11.8 Å². The first-order valence-corrected chi connectivity index (χ1v) is 7.78. The molecule has 0 unspecified atom stereocenters. The molecule has 110 valence electrons. The molecule has 0 aromatic carbocycles. The van der Waals surface area contributed by atoms with Crippen molar-refractivity contribution in [1.82, 2.24) is 10.2 Å². The number of nitrogens with one attached hydrogen (secondary N) is 1. The zero-order chi connectivity index (χ0) is 13.8. The fourth-order valence-electron chi connectivity index (χ4n) is 3.48. The number of carbonyl (C=O) groups excluding carboxylic acids is 1. The van der Waals surface area contributed by atoms with Crippen LogP contribution in [0.1, 0.15) is 46.0 Å². The molecule has 0 saturated carbocycles. The van der Waals surface area contributed by atoms with E-state index in [1.54, 1.807) is 0 Å². The predicted octanol–water partition coefficient (Wildman–Crippen LogP) is 1.38. The first-order chi connectivity index (χ1) is 9.13. The molecular formula is C15H28N2O2. The summed E-state index contributed by atoms with van der Waals surface area (Å²) in [5.41, 5.74) is 0. The van der Waals surface area contributed by atoms with Gasteiger partial charge >= 0.3 is 0 Å². The molecule has 0 aliphatic carbocycles. The standard InChI is InChI=1S/C15H28N2O2/c1-11(2)13(10-18)16-15(19)12-6-5-9-17-8-4-3-7-14(12)17/h11-14,18H,3-10H2,1-2H3,(H,16,19)/t12-,13-,14-/m1/s1. The van der Waals surface area contributed by atoms with Gasteiger partial charge in [0.15, 0.2) is 0 Å². The summed E-state index contributed by atoms with van der Waals surface area (Å²) in [5, 5.41) is 12.4. The summed E-state index contributed by atoms with van der Waals surface area (Å²) >= 11 is 0. The molecule has 19 heavy (non-hydrogen) atoms. The van der Waals surface area contributed by atoms with Crippen LogP contribution in [-0.4, -0.2) is 47.7 Å². The lowest BCUT2D eigenvalue weighted by atomic mass is 9.82. The summed E-state index contributed by atoms with van der Waals surface area (Å²) in [7, 11) is 0. The Bertz CT molecular complexity index is 305. The highest BCUT2D eigenvalue weighted by molar-refractivity contribution is 5.79. The zero-order valence-electron chi connectivity index (χ0n) is 12.3. The van der Waals surface area contributed by atoms with Crippen molar-refractivity contribution in [3.63, 3.8) is 0 Å². The lowest BCUT2D eigenvalue weighted by Crippen LogP contribution is -2.54. The van der Waals surface area contributed by atoms with E-state index in [1.165, 1.54) is 12.8 Å². The van der Waals surface area contributed by atoms with Crippen LogP contribution in [0, 0.1) is 11.8 Å². The van der Waals surface area contributed by atoms with Crippen LogP contribution in [0.25, 0.3) is 0 Å². The minimum atomic E-state index is -0.105. The lowest BCUT2D eigenvalue weighted by Gasteiger charge is -2.44. The number of hydrogen-bond acceptors (Lipinski definition) is 3. The van der Waals surface area contributed by atoms with Gasteiger partial charge in [0, 0.05) is 6.04 Å². The number of aliphatic hydroxyl groups excluding tert-OH is 1. The topological polar surface area (TPSA) is 52.6 Å². The van der Waals surface area contributed by atoms with Crippen LogP contribution in [0.5, 0.6) is 0 Å². The molecular weight excluding hydrogens is 240 g/mol. The normalized spacial score (nSPS) is 29.9. The van der Waals surface area contributed by atoms with Gasteiger partial charge in [0.2, 0.25) is 5.91 Å². The summed E-state index contributed by atoms with van der Waals surface area (Å²) in [6, 6.07) is 0.334. The second-order valence-corrected chi connectivity index (χ2v) is 6.39. The van der Waals surface area contributed by atoms with Crippen molar-refractivity contribution in [2.45, 2.75) is 58.0 Å². The molecule has 0 aromatic heterocycles. The fraction of sp³-hybridized carbons (Fsp3) is 0.933. The van der Waals surface area contributed by atoms with Crippen molar-refractivity contribution >= 4 is 5.91 Å². The van der Waals surface area contributed by atoms with Crippen molar-refractivity contribution in [3.8, 4) is 0 Å². The molecule has 0 bridgehead atoms. The molecule has 2 saturated heterocycles. The van der Waals surface area contributed by atoms with E-state index in [2.05, 4.69) is 10.2 Å². The van der Waals surface area contributed by atoms with Gasteiger partial charge in [-0.2, -0.15) is 0 Å². The third-order valence-electron chi connectivity index (χ3n) is 4.76. The highest BCUT2D eigenvalue weighted by atomic mass is 16.3. The Hall–Kier alpha value is -0.610. The van der Waals surface area contributed by atoms with Gasteiger partial charge in [0.1, 0.15) is 0 Å². The first-order valence-electron chi connectivity index (χ1n) is 7.78. The largest absolute Gasteiger partial charge is 0.394 e. The Kier molecular flexibility index (Phi) is 5.22. The number of rotatable bonds is 4. The third kappa shape index (κ3) is 3.48. The second-order valence-electron chi connectivity index (χ2n) is 6.39. The molecule has 2 rings (SSSR count). The number of hydrogen-bond donors (Lipinski definition) is 2. The number of nitrogens with zero attached hydrogens (tertiary/aromatic N) is 1. The SMILES string of the molecule is CC(C)[C@@H](CO)NC(=O)[C@@H]1CCCN2CCCC[C@H]12. The second kappa shape index (κ2) is 6.71. The number of amides is 1. The first kappa shape index (κ1) is 14.8. The van der Waals surface area contributed by atoms with Crippen molar-refractivity contribution < 1.29 is 9.90 Å². The van der Waals surface area contributed by atoms with Gasteiger partial charge in [0.25, 0.3) is 0 Å². The molecule has 4 nitrogen and oxygen atoms in total. The van der Waals surface area contributed by atoms with E-state index < -0.39 is 0 Å². The number of fused-ring (bicyclic) bond motifs is 1. The van der Waals surface area contributed by atoms with Crippen LogP contribution < -0.4 is 5.32 Å². The maximum Gasteiger partial charge on any atom is 0.224 e. The molecule has 1 amide bonds. The van der Waals surface area contributed by atoms with Gasteiger partial charge in [-0.1, -0.05) is 20.3 Å². The summed E-state index contributed by atoms with van der Waals surface area (Å²) in [6.07, 6.45) is 5.81. The Morgan fingerprint density at radius 1 is 1.26 bits per heavy atom. The van der Waals surface area contributed by atoms with E-state index in [4.69, 9.17) is 0 Å².